The molecule has 29 heavy (non-hydrogen) atoms. The Morgan fingerprint density at radius 2 is 1.14 bits per heavy atom. The van der Waals surface area contributed by atoms with Gasteiger partial charge in [0, 0.05) is 9.40 Å². The molecule has 2 aromatic heterocycles. The standard InChI is InChI=1S/C26H44S3/c1-4-5-6-7-8-9-10-11-12-13-14-15-16-17-18-19-20-27-26-23(3)25-24(29-26)22(2)21-28-25/h21H,4-20H2,1-3H3. The number of unbranched alkanes of at least 4 members (excludes halogenated alkanes) is 15. The van der Waals surface area contributed by atoms with E-state index in [4.69, 9.17) is 0 Å². The number of aryl methyl sites for hydroxylation is 2. The van der Waals surface area contributed by atoms with Crippen LogP contribution in [-0.4, -0.2) is 5.75 Å². The van der Waals surface area contributed by atoms with Crippen LogP contribution >= 0.6 is 34.4 Å². The SMILES string of the molecule is CCCCCCCCCCCCCCCCCCSc1sc2c(C)csc2c1C. The van der Waals surface area contributed by atoms with Gasteiger partial charge in [0.15, 0.2) is 0 Å². The van der Waals surface area contributed by atoms with Gasteiger partial charge < -0.3 is 0 Å². The summed E-state index contributed by atoms with van der Waals surface area (Å²) in [5.41, 5.74) is 3.00. The highest BCUT2D eigenvalue weighted by Gasteiger charge is 2.12. The van der Waals surface area contributed by atoms with Gasteiger partial charge in [-0.2, -0.15) is 0 Å². The smallest absolute Gasteiger partial charge is 0.0648 e. The molecule has 3 heteroatoms. The third kappa shape index (κ3) is 9.78. The molecular weight excluding hydrogens is 408 g/mol. The van der Waals surface area contributed by atoms with E-state index in [1.807, 2.05) is 22.7 Å². The molecule has 166 valence electrons. The summed E-state index contributed by atoms with van der Waals surface area (Å²) in [6.45, 7) is 6.86. The number of hydrogen-bond acceptors (Lipinski definition) is 3. The van der Waals surface area contributed by atoms with Crippen molar-refractivity contribution in [2.24, 2.45) is 0 Å². The zero-order valence-electron chi connectivity index (χ0n) is 19.3. The predicted octanol–water partition coefficient (Wildman–Crippen LogP) is 10.9. The molecule has 2 aromatic rings. The molecule has 2 heterocycles. The second kappa shape index (κ2) is 15.8. The predicted molar refractivity (Wildman–Crippen MR) is 139 cm³/mol. The van der Waals surface area contributed by atoms with Crippen LogP contribution in [0.4, 0.5) is 0 Å². The van der Waals surface area contributed by atoms with E-state index in [9.17, 15) is 0 Å². The molecule has 0 radical (unpaired) electrons. The van der Waals surface area contributed by atoms with Crippen LogP contribution in [0.2, 0.25) is 0 Å². The van der Waals surface area contributed by atoms with Crippen LogP contribution in [-0.2, 0) is 0 Å². The number of rotatable bonds is 18. The summed E-state index contributed by atoms with van der Waals surface area (Å²) in [5.74, 6) is 1.30. The fourth-order valence-corrected chi connectivity index (χ4v) is 7.96. The molecule has 0 unspecified atom stereocenters. The molecule has 0 bridgehead atoms. The summed E-state index contributed by atoms with van der Waals surface area (Å²) in [4.78, 5) is 0. The molecule has 0 saturated carbocycles. The molecule has 0 fully saturated rings. The largest absolute Gasteiger partial charge is 0.142 e. The molecule has 0 amide bonds. The monoisotopic (exact) mass is 452 g/mol. The van der Waals surface area contributed by atoms with Crippen molar-refractivity contribution in [1.82, 2.24) is 0 Å². The first-order valence-electron chi connectivity index (χ1n) is 12.3. The second-order valence-corrected chi connectivity index (χ2v) is 12.0. The van der Waals surface area contributed by atoms with Crippen molar-refractivity contribution >= 4 is 43.8 Å². The molecule has 0 aromatic carbocycles. The topological polar surface area (TPSA) is 0 Å². The Morgan fingerprint density at radius 3 is 1.62 bits per heavy atom. The average molecular weight is 453 g/mol. The van der Waals surface area contributed by atoms with E-state index in [0.717, 1.165) is 0 Å². The minimum atomic E-state index is 1.30. The van der Waals surface area contributed by atoms with E-state index in [-0.39, 0.29) is 0 Å². The maximum Gasteiger partial charge on any atom is 0.0648 e. The molecule has 0 saturated heterocycles. The normalized spacial score (nSPS) is 11.7. The van der Waals surface area contributed by atoms with Crippen LogP contribution in [0.1, 0.15) is 121 Å². The fraction of sp³-hybridized carbons (Fsp3) is 0.769. The average Bonchev–Trinajstić information content (AvgIpc) is 3.24. The van der Waals surface area contributed by atoms with Crippen LogP contribution in [0.5, 0.6) is 0 Å². The van der Waals surface area contributed by atoms with Gasteiger partial charge in [-0.1, -0.05) is 103 Å². The summed E-state index contributed by atoms with van der Waals surface area (Å²) >= 11 is 6.04. The summed E-state index contributed by atoms with van der Waals surface area (Å²) in [7, 11) is 0. The maximum absolute atomic E-state index is 2.31. The fourth-order valence-electron chi connectivity index (χ4n) is 4.03. The van der Waals surface area contributed by atoms with Crippen LogP contribution < -0.4 is 0 Å². The highest BCUT2D eigenvalue weighted by atomic mass is 32.2. The van der Waals surface area contributed by atoms with E-state index < -0.39 is 0 Å². The third-order valence-corrected chi connectivity index (χ3v) is 10.2. The Labute approximate surface area is 193 Å². The second-order valence-electron chi connectivity index (χ2n) is 8.74. The van der Waals surface area contributed by atoms with Gasteiger partial charge in [0.1, 0.15) is 0 Å². The highest BCUT2D eigenvalue weighted by Crippen LogP contribution is 2.42. The van der Waals surface area contributed by atoms with Crippen molar-refractivity contribution < 1.29 is 0 Å². The molecule has 0 aliphatic carbocycles. The van der Waals surface area contributed by atoms with E-state index in [1.54, 1.807) is 4.21 Å². The number of thioether (sulfide) groups is 1. The Balaban J connectivity index is 1.34. The summed E-state index contributed by atoms with van der Waals surface area (Å²) in [6, 6.07) is 0. The van der Waals surface area contributed by atoms with Gasteiger partial charge in [-0.05, 0) is 42.5 Å². The van der Waals surface area contributed by atoms with Crippen LogP contribution in [0, 0.1) is 13.8 Å². The van der Waals surface area contributed by atoms with Gasteiger partial charge in [-0.25, -0.2) is 0 Å². The van der Waals surface area contributed by atoms with Gasteiger partial charge in [-0.15, -0.1) is 34.4 Å². The molecule has 0 nitrogen and oxygen atoms in total. The lowest BCUT2D eigenvalue weighted by atomic mass is 10.0. The van der Waals surface area contributed by atoms with Crippen molar-refractivity contribution in [3.05, 3.63) is 16.5 Å². The Hall–Kier alpha value is 0.01000. The van der Waals surface area contributed by atoms with Crippen molar-refractivity contribution in [3.8, 4) is 0 Å². The van der Waals surface area contributed by atoms with Gasteiger partial charge in [0.2, 0.25) is 0 Å². The Bertz CT molecular complexity index is 652. The van der Waals surface area contributed by atoms with Crippen LogP contribution in [0.15, 0.2) is 9.59 Å². The lowest BCUT2D eigenvalue weighted by Gasteiger charge is -2.04. The maximum atomic E-state index is 2.31. The van der Waals surface area contributed by atoms with Gasteiger partial charge in [0.05, 0.1) is 4.21 Å². The molecule has 0 aliphatic rings. The van der Waals surface area contributed by atoms with Gasteiger partial charge in [0.25, 0.3) is 0 Å². The zero-order valence-corrected chi connectivity index (χ0v) is 21.8. The van der Waals surface area contributed by atoms with E-state index >= 15 is 0 Å². The molecule has 2 rings (SSSR count). The van der Waals surface area contributed by atoms with Gasteiger partial charge >= 0.3 is 0 Å². The zero-order chi connectivity index (χ0) is 20.7. The molecule has 0 N–H and O–H groups in total. The molecule has 0 spiro atoms. The third-order valence-electron chi connectivity index (χ3n) is 5.99. The first kappa shape index (κ1) is 25.3. The minimum Gasteiger partial charge on any atom is -0.142 e. The van der Waals surface area contributed by atoms with Crippen molar-refractivity contribution in [2.45, 2.75) is 128 Å². The first-order chi connectivity index (χ1) is 14.2. The minimum absolute atomic E-state index is 1.30. The number of thiophene rings is 2. The Kier molecular flexibility index (Phi) is 13.7. The first-order valence-corrected chi connectivity index (χ1v) is 15.0. The molecule has 0 aliphatic heterocycles. The number of hydrogen-bond donors (Lipinski definition) is 0. The lowest BCUT2D eigenvalue weighted by molar-refractivity contribution is 0.532. The Morgan fingerprint density at radius 1 is 0.655 bits per heavy atom. The van der Waals surface area contributed by atoms with E-state index in [2.05, 4.69) is 37.9 Å². The van der Waals surface area contributed by atoms with Crippen molar-refractivity contribution in [2.75, 3.05) is 5.75 Å². The van der Waals surface area contributed by atoms with Crippen molar-refractivity contribution in [1.29, 1.82) is 0 Å². The summed E-state index contributed by atoms with van der Waals surface area (Å²) in [5, 5.41) is 2.30. The quantitative estimate of drug-likeness (QED) is 0.160. The summed E-state index contributed by atoms with van der Waals surface area (Å²) in [6.07, 6.45) is 23.2. The molecule has 0 atom stereocenters. The highest BCUT2D eigenvalue weighted by molar-refractivity contribution is 8.01. The van der Waals surface area contributed by atoms with Gasteiger partial charge in [-0.3, -0.25) is 0 Å². The number of fused-ring (bicyclic) bond motifs is 1. The molecular formula is C26H44S3. The van der Waals surface area contributed by atoms with Crippen LogP contribution in [0.3, 0.4) is 0 Å². The van der Waals surface area contributed by atoms with Crippen LogP contribution in [0.25, 0.3) is 9.40 Å². The summed E-state index contributed by atoms with van der Waals surface area (Å²) < 4.78 is 4.62. The van der Waals surface area contributed by atoms with Crippen molar-refractivity contribution in [3.63, 3.8) is 0 Å². The van der Waals surface area contributed by atoms with E-state index in [1.165, 1.54) is 129 Å². The van der Waals surface area contributed by atoms with E-state index in [0.29, 0.717) is 0 Å². The lowest BCUT2D eigenvalue weighted by Crippen LogP contribution is -1.84.